The summed E-state index contributed by atoms with van der Waals surface area (Å²) in [4.78, 5) is 4.69. The van der Waals surface area contributed by atoms with Gasteiger partial charge in [0.25, 0.3) is 0 Å². The molecule has 0 spiro atoms. The third-order valence-electron chi connectivity index (χ3n) is 2.13. The van der Waals surface area contributed by atoms with Crippen molar-refractivity contribution in [2.24, 2.45) is 0 Å². The van der Waals surface area contributed by atoms with E-state index in [2.05, 4.69) is 36.9 Å². The topological polar surface area (TPSA) is 0 Å². The summed E-state index contributed by atoms with van der Waals surface area (Å²) in [5.41, 5.74) is 0. The van der Waals surface area contributed by atoms with Gasteiger partial charge in [-0.05, 0) is 0 Å². The zero-order valence-electron chi connectivity index (χ0n) is 6.91. The average molecular weight is 231 g/mol. The van der Waals surface area contributed by atoms with Crippen molar-refractivity contribution in [2.75, 3.05) is 0 Å². The average Bonchev–Trinajstić information content (AvgIpc) is 1.65. The molecule has 0 unspecified atom stereocenters. The molecule has 9 heavy (non-hydrogen) atoms. The summed E-state index contributed by atoms with van der Waals surface area (Å²) in [5.74, 6) is 0. The molecule has 0 saturated heterocycles. The van der Waals surface area contributed by atoms with Gasteiger partial charge in [0.2, 0.25) is 0 Å². The van der Waals surface area contributed by atoms with Gasteiger partial charge in [-0.1, -0.05) is 0 Å². The molecular weight excluding hydrogens is 215 g/mol. The van der Waals surface area contributed by atoms with Gasteiger partial charge in [0.05, 0.1) is 0 Å². The van der Waals surface area contributed by atoms with Crippen LogP contribution in [0.5, 0.6) is 0 Å². The Hall–Kier alpha value is 0.279. The molecule has 0 rings (SSSR count). The molecule has 0 aromatic heterocycles. The van der Waals surface area contributed by atoms with Crippen molar-refractivity contribution in [3.8, 4) is 0 Å². The maximum absolute atomic E-state index is 3.98. The Bertz CT molecular complexity index is 127. The third kappa shape index (κ3) is 2.16. The first-order valence-corrected chi connectivity index (χ1v) is 11.8. The van der Waals surface area contributed by atoms with Crippen LogP contribution < -0.4 is 0 Å². The van der Waals surface area contributed by atoms with Crippen LogP contribution in [0.3, 0.4) is 0 Å². The van der Waals surface area contributed by atoms with Crippen molar-refractivity contribution in [1.29, 1.82) is 0 Å². The number of hydrogen-bond acceptors (Lipinski definition) is 0. The van der Waals surface area contributed by atoms with Crippen molar-refractivity contribution < 1.29 is 0 Å². The molecule has 52 valence electrons. The first kappa shape index (κ1) is 9.28. The zero-order valence-corrected chi connectivity index (χ0v) is 9.77. The van der Waals surface area contributed by atoms with Crippen molar-refractivity contribution in [2.45, 2.75) is 23.7 Å². The second kappa shape index (κ2) is 2.91. The zero-order chi connectivity index (χ0) is 7.65. The van der Waals surface area contributed by atoms with Gasteiger partial charge >= 0.3 is 62.4 Å². The van der Waals surface area contributed by atoms with E-state index < -0.39 is 18.4 Å². The Kier molecular flexibility index (Phi) is 3.00. The van der Waals surface area contributed by atoms with E-state index in [1.807, 2.05) is 0 Å². The van der Waals surface area contributed by atoms with Gasteiger partial charge in [-0.25, -0.2) is 0 Å². The summed E-state index contributed by atoms with van der Waals surface area (Å²) in [7, 11) is 0. The maximum atomic E-state index is 3.98. The molecule has 1 heteroatoms. The third-order valence-corrected chi connectivity index (χ3v) is 14.3. The van der Waals surface area contributed by atoms with E-state index in [9.17, 15) is 0 Å². The first-order chi connectivity index (χ1) is 3.89. The normalized spacial score (nSPS) is 11.1. The molecule has 0 aromatic rings. The van der Waals surface area contributed by atoms with E-state index in [1.165, 1.54) is 7.18 Å². The molecule has 0 fully saturated rings. The Morgan fingerprint density at radius 1 is 1.00 bits per heavy atom. The molecule has 0 nitrogen and oxygen atoms in total. The molecule has 0 heterocycles. The van der Waals surface area contributed by atoms with Crippen LogP contribution in [0.1, 0.15) is 13.8 Å². The number of allylic oxidation sites excluding steroid dienone is 2. The van der Waals surface area contributed by atoms with E-state index in [-0.39, 0.29) is 0 Å². The fourth-order valence-corrected chi connectivity index (χ4v) is 2.44. The number of hydrogen-bond donors (Lipinski definition) is 0. The molecule has 0 N–H and O–H groups in total. The summed E-state index contributed by atoms with van der Waals surface area (Å²) in [6, 6.07) is 0. The second-order valence-electron chi connectivity index (χ2n) is 3.19. The number of rotatable bonds is 2. The minimum absolute atomic E-state index is 1.39. The van der Waals surface area contributed by atoms with Crippen LogP contribution in [0.2, 0.25) is 9.88 Å². The Balaban J connectivity index is 4.38. The van der Waals surface area contributed by atoms with Crippen LogP contribution in [-0.2, 0) is 0 Å². The summed E-state index contributed by atoms with van der Waals surface area (Å²) >= 11 is -1.94. The van der Waals surface area contributed by atoms with Gasteiger partial charge in [0.1, 0.15) is 0 Å². The van der Waals surface area contributed by atoms with Crippen LogP contribution >= 0.6 is 0 Å². The van der Waals surface area contributed by atoms with Crippen LogP contribution in [0.25, 0.3) is 0 Å². The molecule has 0 aliphatic rings. The van der Waals surface area contributed by atoms with Crippen molar-refractivity contribution in [3.05, 3.63) is 20.3 Å². The summed E-state index contributed by atoms with van der Waals surface area (Å²) in [6.07, 6.45) is 0. The second-order valence-corrected chi connectivity index (χ2v) is 17.3. The van der Waals surface area contributed by atoms with Crippen molar-refractivity contribution in [3.63, 3.8) is 0 Å². The molecule has 0 atom stereocenters. The van der Waals surface area contributed by atoms with Crippen LogP contribution in [0.4, 0.5) is 0 Å². The van der Waals surface area contributed by atoms with E-state index >= 15 is 0 Å². The van der Waals surface area contributed by atoms with Crippen LogP contribution in [0, 0.1) is 0 Å². The minimum atomic E-state index is -1.94. The van der Waals surface area contributed by atoms with Crippen molar-refractivity contribution >= 4 is 18.4 Å². The monoisotopic (exact) mass is 232 g/mol. The molecule has 0 amide bonds. The molecule has 0 aromatic carbocycles. The first-order valence-electron chi connectivity index (χ1n) is 3.21. The van der Waals surface area contributed by atoms with E-state index in [0.717, 1.165) is 0 Å². The summed E-state index contributed by atoms with van der Waals surface area (Å²) in [5, 5.41) is 0. The molecule has 0 aliphatic heterocycles. The molecule has 0 radical (unpaired) electrons. The van der Waals surface area contributed by atoms with Gasteiger partial charge in [-0.3, -0.25) is 0 Å². The van der Waals surface area contributed by atoms with Gasteiger partial charge in [-0.15, -0.1) is 0 Å². The summed E-state index contributed by atoms with van der Waals surface area (Å²) < 4.78 is 2.77. The molecular formula is C8H16Sn. The SMILES string of the molecule is C=[C](C)[Sn]([CH3])([CH3])[C](=C)C. The molecule has 0 bridgehead atoms. The predicted molar refractivity (Wildman–Crippen MR) is 47.1 cm³/mol. The standard InChI is InChI=1S/2C3H5.2CH3.Sn/c2*1-3-2;;;/h2*1H2,2H3;2*1H3;. The Morgan fingerprint density at radius 2 is 1.22 bits per heavy atom. The van der Waals surface area contributed by atoms with Gasteiger partial charge < -0.3 is 0 Å². The Labute approximate surface area is 62.5 Å². The van der Waals surface area contributed by atoms with Crippen molar-refractivity contribution in [1.82, 2.24) is 0 Å². The van der Waals surface area contributed by atoms with Gasteiger partial charge in [-0.2, -0.15) is 0 Å². The van der Waals surface area contributed by atoms with Crippen LogP contribution in [0.15, 0.2) is 20.3 Å². The van der Waals surface area contributed by atoms with E-state index in [4.69, 9.17) is 0 Å². The Morgan fingerprint density at radius 3 is 1.22 bits per heavy atom. The summed E-state index contributed by atoms with van der Waals surface area (Å²) in [6.45, 7) is 12.2. The van der Waals surface area contributed by atoms with E-state index in [1.54, 1.807) is 0 Å². The predicted octanol–water partition coefficient (Wildman–Crippen LogP) is 2.93. The fourth-order valence-electron chi connectivity index (χ4n) is 0.364. The van der Waals surface area contributed by atoms with E-state index in [0.29, 0.717) is 0 Å². The van der Waals surface area contributed by atoms with Crippen LogP contribution in [-0.4, -0.2) is 18.4 Å². The fraction of sp³-hybridized carbons (Fsp3) is 0.500. The van der Waals surface area contributed by atoms with Gasteiger partial charge in [0.15, 0.2) is 0 Å². The quantitative estimate of drug-likeness (QED) is 0.641. The van der Waals surface area contributed by atoms with Gasteiger partial charge in [0, 0.05) is 0 Å². The molecule has 0 saturated carbocycles. The molecule has 0 aliphatic carbocycles.